The van der Waals surface area contributed by atoms with Crippen LogP contribution in [0.3, 0.4) is 0 Å². The van der Waals surface area contributed by atoms with Gasteiger partial charge in [0.1, 0.15) is 0 Å². The van der Waals surface area contributed by atoms with Gasteiger partial charge in [-0.2, -0.15) is 5.26 Å². The highest BCUT2D eigenvalue weighted by Crippen LogP contribution is 2.15. The molecule has 4 heteroatoms. The molecule has 1 heterocycles. The van der Waals surface area contributed by atoms with Gasteiger partial charge in [-0.05, 0) is 12.1 Å². The molecule has 2 N–H and O–H groups in total. The molecule has 0 spiro atoms. The number of aromatic nitrogens is 2. The molecule has 0 aliphatic rings. The van der Waals surface area contributed by atoms with Gasteiger partial charge in [0.15, 0.2) is 0 Å². The second kappa shape index (κ2) is 3.23. The summed E-state index contributed by atoms with van der Waals surface area (Å²) in [4.78, 5) is 16.0. The Kier molecular flexibility index (Phi) is 1.92. The average molecular weight is 185 g/mol. The van der Waals surface area contributed by atoms with Crippen molar-refractivity contribution < 1.29 is 0 Å². The van der Waals surface area contributed by atoms with Crippen LogP contribution in [0, 0.1) is 11.3 Å². The summed E-state index contributed by atoms with van der Waals surface area (Å²) in [6, 6.07) is 9.09. The zero-order valence-electron chi connectivity index (χ0n) is 7.24. The van der Waals surface area contributed by atoms with Crippen molar-refractivity contribution in [1.82, 2.24) is 9.97 Å². The topological polar surface area (TPSA) is 72.4 Å². The number of nitrogens with zero attached hydrogens (tertiary/aromatic N) is 1. The summed E-state index contributed by atoms with van der Waals surface area (Å²) >= 11 is 0. The Hall–Kier alpha value is -2.28. The average Bonchev–Trinajstić information content (AvgIpc) is 2.65. The van der Waals surface area contributed by atoms with Crippen molar-refractivity contribution in [3.8, 4) is 17.3 Å². The molecule has 0 aliphatic heterocycles. The van der Waals surface area contributed by atoms with E-state index in [0.29, 0.717) is 11.3 Å². The number of nitriles is 1. The molecule has 0 fully saturated rings. The van der Waals surface area contributed by atoms with Crippen LogP contribution in [-0.2, 0) is 0 Å². The maximum atomic E-state index is 10.8. The summed E-state index contributed by atoms with van der Waals surface area (Å²) in [5.74, 6) is 0. The number of H-pyrrole nitrogens is 2. The van der Waals surface area contributed by atoms with Crippen LogP contribution in [0.2, 0.25) is 0 Å². The third kappa shape index (κ3) is 1.43. The minimum atomic E-state index is -0.248. The normalized spacial score (nSPS) is 9.64. The zero-order chi connectivity index (χ0) is 9.97. The molecular weight excluding hydrogens is 178 g/mol. The molecule has 14 heavy (non-hydrogen) atoms. The molecule has 0 aliphatic carbocycles. The van der Waals surface area contributed by atoms with Crippen LogP contribution >= 0.6 is 0 Å². The second-order valence-electron chi connectivity index (χ2n) is 2.85. The predicted molar refractivity (Wildman–Crippen MR) is 51.6 cm³/mol. The second-order valence-corrected chi connectivity index (χ2v) is 2.85. The lowest BCUT2D eigenvalue weighted by Crippen LogP contribution is -1.99. The Balaban J connectivity index is 2.53. The molecule has 68 valence electrons. The highest BCUT2D eigenvalue weighted by atomic mass is 16.1. The molecule has 1 aromatic heterocycles. The Labute approximate surface area is 79.8 Å². The molecule has 0 bridgehead atoms. The van der Waals surface area contributed by atoms with Crippen LogP contribution in [0.5, 0.6) is 0 Å². The Morgan fingerprint density at radius 3 is 2.86 bits per heavy atom. The lowest BCUT2D eigenvalue weighted by atomic mass is 10.1. The zero-order valence-corrected chi connectivity index (χ0v) is 7.24. The van der Waals surface area contributed by atoms with Crippen molar-refractivity contribution in [3.63, 3.8) is 0 Å². The number of hydrogen-bond donors (Lipinski definition) is 2. The number of aromatic amines is 2. The van der Waals surface area contributed by atoms with Crippen LogP contribution < -0.4 is 5.69 Å². The molecular formula is C10H7N3O. The maximum absolute atomic E-state index is 10.8. The van der Waals surface area contributed by atoms with Crippen molar-refractivity contribution in [3.05, 3.63) is 46.5 Å². The SMILES string of the molecule is N#Cc1cccc(-c2c[nH]c(=O)[nH]2)c1. The fraction of sp³-hybridized carbons (Fsp3) is 0. The largest absolute Gasteiger partial charge is 0.323 e. The lowest BCUT2D eigenvalue weighted by Gasteiger charge is -1.96. The van der Waals surface area contributed by atoms with Gasteiger partial charge in [-0.1, -0.05) is 12.1 Å². The van der Waals surface area contributed by atoms with Gasteiger partial charge in [0, 0.05) is 11.8 Å². The third-order valence-corrected chi connectivity index (χ3v) is 1.90. The first kappa shape index (κ1) is 8.32. The minimum Gasteiger partial charge on any atom is -0.312 e. The summed E-state index contributed by atoms with van der Waals surface area (Å²) in [5.41, 5.74) is 1.83. The van der Waals surface area contributed by atoms with E-state index in [0.717, 1.165) is 5.56 Å². The standard InChI is InChI=1S/C10H7N3O/c11-5-7-2-1-3-8(4-7)9-6-12-10(14)13-9/h1-4,6H,(H2,12,13,14). The van der Waals surface area contributed by atoms with Gasteiger partial charge >= 0.3 is 5.69 Å². The van der Waals surface area contributed by atoms with Crippen LogP contribution in [-0.4, -0.2) is 9.97 Å². The fourth-order valence-corrected chi connectivity index (χ4v) is 1.24. The summed E-state index contributed by atoms with van der Waals surface area (Å²) in [7, 11) is 0. The van der Waals surface area contributed by atoms with Gasteiger partial charge < -0.3 is 9.97 Å². The lowest BCUT2D eigenvalue weighted by molar-refractivity contribution is 1.19. The first-order chi connectivity index (χ1) is 6.79. The summed E-state index contributed by atoms with van der Waals surface area (Å²) in [6.07, 6.45) is 1.58. The smallest absolute Gasteiger partial charge is 0.312 e. The predicted octanol–water partition coefficient (Wildman–Crippen LogP) is 1.24. The minimum absolute atomic E-state index is 0.248. The number of imidazole rings is 1. The molecule has 2 aromatic rings. The van der Waals surface area contributed by atoms with E-state index in [1.807, 2.05) is 12.1 Å². The van der Waals surface area contributed by atoms with E-state index in [1.165, 1.54) is 0 Å². The van der Waals surface area contributed by atoms with Crippen molar-refractivity contribution >= 4 is 0 Å². The first-order valence-corrected chi connectivity index (χ1v) is 4.08. The van der Waals surface area contributed by atoms with E-state index >= 15 is 0 Å². The van der Waals surface area contributed by atoms with Crippen molar-refractivity contribution in [2.75, 3.05) is 0 Å². The number of nitrogens with one attached hydrogen (secondary N) is 2. The van der Waals surface area contributed by atoms with Gasteiger partial charge in [-0.25, -0.2) is 4.79 Å². The van der Waals surface area contributed by atoms with E-state index < -0.39 is 0 Å². The van der Waals surface area contributed by atoms with Crippen LogP contribution in [0.15, 0.2) is 35.3 Å². The van der Waals surface area contributed by atoms with E-state index in [2.05, 4.69) is 9.97 Å². The van der Waals surface area contributed by atoms with E-state index in [4.69, 9.17) is 5.26 Å². The quantitative estimate of drug-likeness (QED) is 0.701. The molecule has 0 atom stereocenters. The van der Waals surface area contributed by atoms with E-state index in [9.17, 15) is 4.79 Å². The number of rotatable bonds is 1. The van der Waals surface area contributed by atoms with Crippen molar-refractivity contribution in [2.45, 2.75) is 0 Å². The van der Waals surface area contributed by atoms with Crippen LogP contribution in [0.25, 0.3) is 11.3 Å². The van der Waals surface area contributed by atoms with Crippen molar-refractivity contribution in [1.29, 1.82) is 5.26 Å². The summed E-state index contributed by atoms with van der Waals surface area (Å²) in [5, 5.41) is 8.68. The Bertz CT molecular complexity index is 545. The van der Waals surface area contributed by atoms with Gasteiger partial charge in [-0.15, -0.1) is 0 Å². The monoisotopic (exact) mass is 185 g/mol. The van der Waals surface area contributed by atoms with Gasteiger partial charge in [0.25, 0.3) is 0 Å². The molecule has 0 radical (unpaired) electrons. The van der Waals surface area contributed by atoms with Crippen LogP contribution in [0.4, 0.5) is 0 Å². The molecule has 0 saturated heterocycles. The van der Waals surface area contributed by atoms with Gasteiger partial charge in [0.05, 0.1) is 17.3 Å². The number of benzene rings is 1. The molecule has 0 unspecified atom stereocenters. The van der Waals surface area contributed by atoms with E-state index in [1.54, 1.807) is 24.4 Å². The highest BCUT2D eigenvalue weighted by molar-refractivity contribution is 5.60. The molecule has 4 nitrogen and oxygen atoms in total. The molecule has 0 saturated carbocycles. The highest BCUT2D eigenvalue weighted by Gasteiger charge is 2.00. The fourth-order valence-electron chi connectivity index (χ4n) is 1.24. The molecule has 2 rings (SSSR count). The van der Waals surface area contributed by atoms with Crippen molar-refractivity contribution in [2.24, 2.45) is 0 Å². The third-order valence-electron chi connectivity index (χ3n) is 1.90. The maximum Gasteiger partial charge on any atom is 0.323 e. The first-order valence-electron chi connectivity index (χ1n) is 4.08. The van der Waals surface area contributed by atoms with Gasteiger partial charge in [-0.3, -0.25) is 0 Å². The van der Waals surface area contributed by atoms with E-state index in [-0.39, 0.29) is 5.69 Å². The van der Waals surface area contributed by atoms with Gasteiger partial charge in [0.2, 0.25) is 0 Å². The van der Waals surface area contributed by atoms with Crippen LogP contribution in [0.1, 0.15) is 5.56 Å². The molecule has 1 aromatic carbocycles. The summed E-state index contributed by atoms with van der Waals surface area (Å²) < 4.78 is 0. The number of hydrogen-bond acceptors (Lipinski definition) is 2. The molecule has 0 amide bonds. The Morgan fingerprint density at radius 2 is 2.21 bits per heavy atom. The Morgan fingerprint density at radius 1 is 1.36 bits per heavy atom. The summed E-state index contributed by atoms with van der Waals surface area (Å²) in [6.45, 7) is 0.